The molecular formula is C17H27NO3. The minimum Gasteiger partial charge on any atom is -0.508 e. The number of phenolic OH excluding ortho intramolecular Hbond substituents is 1. The molecule has 4 heteroatoms. The number of fused-ring (bicyclic) bond motifs is 1. The summed E-state index contributed by atoms with van der Waals surface area (Å²) in [5.74, 6) is 0.324. The third-order valence-corrected chi connectivity index (χ3v) is 3.31. The molecule has 1 amide bonds. The molecule has 0 unspecified atom stereocenters. The summed E-state index contributed by atoms with van der Waals surface area (Å²) in [5, 5.41) is 9.70. The topological polar surface area (TPSA) is 49.8 Å². The van der Waals surface area contributed by atoms with E-state index in [1.165, 1.54) is 0 Å². The summed E-state index contributed by atoms with van der Waals surface area (Å²) in [7, 11) is 0. The van der Waals surface area contributed by atoms with Gasteiger partial charge >= 0.3 is 6.09 Å². The van der Waals surface area contributed by atoms with E-state index in [2.05, 4.69) is 0 Å². The van der Waals surface area contributed by atoms with Gasteiger partial charge in [0.2, 0.25) is 0 Å². The smallest absolute Gasteiger partial charge is 0.410 e. The summed E-state index contributed by atoms with van der Waals surface area (Å²) in [6.07, 6.45) is 0.485. The van der Waals surface area contributed by atoms with E-state index in [0.717, 1.165) is 23.1 Å². The van der Waals surface area contributed by atoms with Crippen molar-refractivity contribution in [2.45, 2.75) is 60.1 Å². The maximum Gasteiger partial charge on any atom is 0.410 e. The lowest BCUT2D eigenvalue weighted by atomic mass is 9.95. The van der Waals surface area contributed by atoms with Crippen LogP contribution in [0.15, 0.2) is 12.1 Å². The molecular weight excluding hydrogens is 266 g/mol. The molecule has 1 aromatic carbocycles. The van der Waals surface area contributed by atoms with Crippen LogP contribution in [0.1, 0.15) is 51.3 Å². The van der Waals surface area contributed by atoms with Crippen LogP contribution in [0.2, 0.25) is 0 Å². The van der Waals surface area contributed by atoms with Crippen molar-refractivity contribution in [3.63, 3.8) is 0 Å². The number of hydrogen-bond acceptors (Lipinski definition) is 3. The molecule has 0 saturated heterocycles. The van der Waals surface area contributed by atoms with Gasteiger partial charge in [-0.1, -0.05) is 19.9 Å². The highest BCUT2D eigenvalue weighted by atomic mass is 16.6. The molecule has 0 fully saturated rings. The van der Waals surface area contributed by atoms with Gasteiger partial charge in [-0.3, -0.25) is 0 Å². The molecule has 1 aromatic rings. The highest BCUT2D eigenvalue weighted by Crippen LogP contribution is 2.28. The second-order valence-electron chi connectivity index (χ2n) is 6.00. The first-order valence-corrected chi connectivity index (χ1v) is 7.56. The molecule has 2 rings (SSSR count). The van der Waals surface area contributed by atoms with E-state index in [-0.39, 0.29) is 6.09 Å². The van der Waals surface area contributed by atoms with Crippen LogP contribution in [0.4, 0.5) is 4.79 Å². The van der Waals surface area contributed by atoms with E-state index in [1.807, 2.05) is 47.6 Å². The Morgan fingerprint density at radius 1 is 1.29 bits per heavy atom. The van der Waals surface area contributed by atoms with Crippen LogP contribution in [0.3, 0.4) is 0 Å². The normalized spacial score (nSPS) is 13.9. The second kappa shape index (κ2) is 6.83. The van der Waals surface area contributed by atoms with Crippen LogP contribution >= 0.6 is 0 Å². The van der Waals surface area contributed by atoms with Gasteiger partial charge in [0.25, 0.3) is 0 Å². The van der Waals surface area contributed by atoms with Gasteiger partial charge in [-0.25, -0.2) is 4.79 Å². The number of phenols is 1. The van der Waals surface area contributed by atoms with Crippen molar-refractivity contribution in [3.05, 3.63) is 28.8 Å². The number of amides is 1. The molecule has 1 aliphatic heterocycles. The van der Waals surface area contributed by atoms with Crippen molar-refractivity contribution < 1.29 is 14.6 Å². The molecule has 0 aliphatic carbocycles. The number of hydrogen-bond donors (Lipinski definition) is 1. The molecule has 0 atom stereocenters. The summed E-state index contributed by atoms with van der Waals surface area (Å²) >= 11 is 0. The molecule has 1 N–H and O–H groups in total. The number of aromatic hydroxyl groups is 1. The number of carbonyl (C=O) groups excluding carboxylic acids is 1. The predicted molar refractivity (Wildman–Crippen MR) is 84.5 cm³/mol. The van der Waals surface area contributed by atoms with Crippen LogP contribution < -0.4 is 0 Å². The summed E-state index contributed by atoms with van der Waals surface area (Å²) in [6, 6.07) is 3.57. The number of ether oxygens (including phenoxy) is 1. The third-order valence-electron chi connectivity index (χ3n) is 3.31. The molecule has 0 saturated carbocycles. The van der Waals surface area contributed by atoms with Crippen LogP contribution in [-0.2, 0) is 17.7 Å². The zero-order valence-electron chi connectivity index (χ0n) is 14.0. The maximum atomic E-state index is 12.0. The number of carbonyl (C=O) groups is 1. The lowest BCUT2D eigenvalue weighted by molar-refractivity contribution is 0.0223. The first kappa shape index (κ1) is 17.3. The zero-order chi connectivity index (χ0) is 16.2. The monoisotopic (exact) mass is 293 g/mol. The summed E-state index contributed by atoms with van der Waals surface area (Å²) in [6.45, 7) is 12.7. The predicted octanol–water partition coefficient (Wildman–Crippen LogP) is 4.02. The largest absolute Gasteiger partial charge is 0.508 e. The lowest BCUT2D eigenvalue weighted by Crippen LogP contribution is -2.40. The fraction of sp³-hybridized carbons (Fsp3) is 0.588. The van der Waals surface area contributed by atoms with E-state index in [0.29, 0.717) is 18.8 Å². The quantitative estimate of drug-likeness (QED) is 0.786. The Balaban J connectivity index is 0.00000106. The van der Waals surface area contributed by atoms with E-state index < -0.39 is 5.60 Å². The van der Waals surface area contributed by atoms with E-state index >= 15 is 0 Å². The van der Waals surface area contributed by atoms with Gasteiger partial charge in [-0.15, -0.1) is 0 Å². The van der Waals surface area contributed by atoms with Crippen molar-refractivity contribution in [1.82, 2.24) is 4.90 Å². The van der Waals surface area contributed by atoms with Gasteiger partial charge < -0.3 is 14.7 Å². The van der Waals surface area contributed by atoms with Gasteiger partial charge in [0.15, 0.2) is 0 Å². The Morgan fingerprint density at radius 2 is 1.90 bits per heavy atom. The van der Waals surface area contributed by atoms with Gasteiger partial charge in [-0.05, 0) is 56.9 Å². The molecule has 0 radical (unpaired) electrons. The van der Waals surface area contributed by atoms with Crippen LogP contribution in [0.25, 0.3) is 0 Å². The van der Waals surface area contributed by atoms with Crippen LogP contribution in [0, 0.1) is 6.92 Å². The van der Waals surface area contributed by atoms with Crippen LogP contribution in [0.5, 0.6) is 5.75 Å². The van der Waals surface area contributed by atoms with Gasteiger partial charge in [0, 0.05) is 13.1 Å². The summed E-state index contributed by atoms with van der Waals surface area (Å²) < 4.78 is 5.38. The van der Waals surface area contributed by atoms with E-state index in [9.17, 15) is 9.90 Å². The van der Waals surface area contributed by atoms with Gasteiger partial charge in [0.1, 0.15) is 11.4 Å². The van der Waals surface area contributed by atoms with Crippen molar-refractivity contribution in [1.29, 1.82) is 0 Å². The molecule has 0 bridgehead atoms. The number of rotatable bonds is 0. The minimum atomic E-state index is -0.470. The molecule has 4 nitrogen and oxygen atoms in total. The highest BCUT2D eigenvalue weighted by molar-refractivity contribution is 5.69. The fourth-order valence-corrected chi connectivity index (χ4v) is 2.31. The molecule has 0 spiro atoms. The SMILES string of the molecule is CC.Cc1c(O)ccc2c1CCN(C(=O)OC(C)(C)C)C2. The Kier molecular flexibility index (Phi) is 5.64. The summed E-state index contributed by atoms with van der Waals surface area (Å²) in [5.41, 5.74) is 2.69. The molecule has 118 valence electrons. The van der Waals surface area contributed by atoms with Crippen LogP contribution in [-0.4, -0.2) is 28.2 Å². The van der Waals surface area contributed by atoms with Crippen molar-refractivity contribution >= 4 is 6.09 Å². The van der Waals surface area contributed by atoms with Gasteiger partial charge in [0.05, 0.1) is 0 Å². The highest BCUT2D eigenvalue weighted by Gasteiger charge is 2.26. The lowest BCUT2D eigenvalue weighted by Gasteiger charge is -2.32. The Morgan fingerprint density at radius 3 is 2.48 bits per heavy atom. The van der Waals surface area contributed by atoms with Crippen molar-refractivity contribution in [3.8, 4) is 5.75 Å². The number of benzene rings is 1. The summed E-state index contributed by atoms with van der Waals surface area (Å²) in [4.78, 5) is 13.7. The average molecular weight is 293 g/mol. The number of nitrogens with zero attached hydrogens (tertiary/aromatic N) is 1. The standard InChI is InChI=1S/C15H21NO3.C2H6/c1-10-12-7-8-16(14(18)19-15(2,3)4)9-11(12)5-6-13(10)17;1-2/h5-6,17H,7-9H2,1-4H3;1-2H3. The Labute approximate surface area is 127 Å². The van der Waals surface area contributed by atoms with E-state index in [1.54, 1.807) is 11.0 Å². The van der Waals surface area contributed by atoms with Crippen molar-refractivity contribution in [2.24, 2.45) is 0 Å². The van der Waals surface area contributed by atoms with Crippen molar-refractivity contribution in [2.75, 3.05) is 6.54 Å². The minimum absolute atomic E-state index is 0.274. The first-order chi connectivity index (χ1) is 9.78. The Bertz CT molecular complexity index is 503. The molecule has 21 heavy (non-hydrogen) atoms. The van der Waals surface area contributed by atoms with Gasteiger partial charge in [-0.2, -0.15) is 0 Å². The average Bonchev–Trinajstić information content (AvgIpc) is 2.43. The molecule has 1 aliphatic rings. The molecule has 0 aromatic heterocycles. The third kappa shape index (κ3) is 4.38. The zero-order valence-corrected chi connectivity index (χ0v) is 14.0. The first-order valence-electron chi connectivity index (χ1n) is 7.56. The maximum absolute atomic E-state index is 12.0. The second-order valence-corrected chi connectivity index (χ2v) is 6.00. The Hall–Kier alpha value is -1.71. The molecule has 1 heterocycles. The fourth-order valence-electron chi connectivity index (χ4n) is 2.31. The van der Waals surface area contributed by atoms with E-state index in [4.69, 9.17) is 4.74 Å².